The Hall–Kier alpha value is -5.40. The van der Waals surface area contributed by atoms with Crippen LogP contribution in [0.1, 0.15) is 90.7 Å². The van der Waals surface area contributed by atoms with Gasteiger partial charge in [0.15, 0.2) is 0 Å². The molecule has 5 atom stereocenters. The molecule has 2 aromatic carbocycles. The molecule has 316 valence electrons. The Morgan fingerprint density at radius 1 is 0.862 bits per heavy atom. The minimum absolute atomic E-state index is 0.0396. The van der Waals surface area contributed by atoms with E-state index in [-0.39, 0.29) is 43.7 Å². The van der Waals surface area contributed by atoms with Crippen molar-refractivity contribution in [2.75, 3.05) is 13.1 Å². The largest absolute Gasteiger partial charge is 0.480 e. The van der Waals surface area contributed by atoms with Gasteiger partial charge in [-0.05, 0) is 95.1 Å². The highest BCUT2D eigenvalue weighted by Gasteiger charge is 2.42. The summed E-state index contributed by atoms with van der Waals surface area (Å²) in [6.07, 6.45) is 6.12. The molecule has 0 spiro atoms. The first-order chi connectivity index (χ1) is 27.6. The summed E-state index contributed by atoms with van der Waals surface area (Å²) in [7, 11) is 0. The quantitative estimate of drug-likeness (QED) is 0.0849. The van der Waals surface area contributed by atoms with Gasteiger partial charge < -0.3 is 40.7 Å². The number of carbonyl (C=O) groups is 6. The molecule has 1 heterocycles. The van der Waals surface area contributed by atoms with Crippen molar-refractivity contribution >= 4 is 35.9 Å². The van der Waals surface area contributed by atoms with E-state index in [0.29, 0.717) is 45.1 Å². The van der Waals surface area contributed by atoms with Gasteiger partial charge in [0.05, 0.1) is 12.0 Å². The number of carboxylic acid groups (broad SMARTS) is 1. The molecule has 1 aliphatic heterocycles. The average molecular weight is 804 g/mol. The van der Waals surface area contributed by atoms with Crippen molar-refractivity contribution in [2.45, 2.75) is 122 Å². The van der Waals surface area contributed by atoms with E-state index >= 15 is 0 Å². The van der Waals surface area contributed by atoms with E-state index in [1.165, 1.54) is 0 Å². The van der Waals surface area contributed by atoms with Crippen LogP contribution in [-0.4, -0.2) is 88.7 Å². The Morgan fingerprint density at radius 2 is 1.52 bits per heavy atom. The van der Waals surface area contributed by atoms with Gasteiger partial charge in [-0.3, -0.25) is 14.4 Å². The van der Waals surface area contributed by atoms with E-state index in [1.807, 2.05) is 86.7 Å². The summed E-state index contributed by atoms with van der Waals surface area (Å²) in [5.41, 5.74) is 1.09. The highest BCUT2D eigenvalue weighted by atomic mass is 16.6. The molecule has 58 heavy (non-hydrogen) atoms. The summed E-state index contributed by atoms with van der Waals surface area (Å²) in [5, 5.41) is 20.9. The van der Waals surface area contributed by atoms with Gasteiger partial charge >= 0.3 is 18.2 Å². The molecule has 0 radical (unpaired) electrons. The Bertz CT molecular complexity index is 1710. The number of hydrogen-bond donors (Lipinski definition) is 5. The molecule has 4 unspecified atom stereocenters. The SMILES string of the molecule is CC(C)CC(/C=C/C(Cc1ccccc1)C(=O)N1CCC[C@H]1C(=O)NC(C(=O)NC(CCCNC(=O)OCc1ccccc1)C(=O)O)C1CC1)NC(=O)OC(C)(C)C. The second-order valence-electron chi connectivity index (χ2n) is 16.6. The minimum atomic E-state index is -1.24. The zero-order valence-corrected chi connectivity index (χ0v) is 34.4. The predicted molar refractivity (Wildman–Crippen MR) is 218 cm³/mol. The molecule has 14 nitrogen and oxygen atoms in total. The van der Waals surface area contributed by atoms with Crippen LogP contribution in [0.4, 0.5) is 9.59 Å². The van der Waals surface area contributed by atoms with Gasteiger partial charge in [0.1, 0.15) is 30.3 Å². The number of nitrogens with zero attached hydrogens (tertiary/aromatic N) is 1. The molecule has 2 fully saturated rings. The van der Waals surface area contributed by atoms with Crippen LogP contribution in [-0.2, 0) is 41.7 Å². The standard InChI is InChI=1S/C44H61N5O9/c1-29(2)26-34(46-43(56)58-44(3,4)5)23-22-33(27-30-14-8-6-9-15-30)40(52)49-25-13-19-36(49)38(50)48-37(32-20-21-32)39(51)47-35(41(53)54)18-12-24-45-42(55)57-28-31-16-10-7-11-17-31/h6-11,14-17,22-23,29,32-37H,12-13,18-21,24-28H2,1-5H3,(H,45,55)(H,46,56)(H,47,51)(H,48,50)(H,53,54)/b23-22+/t33?,34?,35?,36-,37?/m0/s1. The minimum Gasteiger partial charge on any atom is -0.480 e. The molecule has 2 aromatic rings. The van der Waals surface area contributed by atoms with Crippen LogP contribution in [0.25, 0.3) is 0 Å². The van der Waals surface area contributed by atoms with Gasteiger partial charge in [-0.15, -0.1) is 0 Å². The maximum Gasteiger partial charge on any atom is 0.408 e. The molecule has 0 bridgehead atoms. The fraction of sp³-hybridized carbons (Fsp3) is 0.545. The van der Waals surface area contributed by atoms with Crippen LogP contribution in [0.5, 0.6) is 0 Å². The average Bonchev–Trinajstić information content (AvgIpc) is 3.89. The summed E-state index contributed by atoms with van der Waals surface area (Å²) in [6, 6.07) is 15.3. The van der Waals surface area contributed by atoms with Crippen molar-refractivity contribution < 1.29 is 43.3 Å². The zero-order chi connectivity index (χ0) is 42.2. The molecule has 4 rings (SSSR count). The monoisotopic (exact) mass is 803 g/mol. The van der Waals surface area contributed by atoms with Crippen molar-refractivity contribution in [3.05, 3.63) is 83.9 Å². The lowest BCUT2D eigenvalue weighted by Crippen LogP contribution is -2.56. The van der Waals surface area contributed by atoms with E-state index in [9.17, 15) is 33.9 Å². The molecule has 1 saturated carbocycles. The predicted octanol–water partition coefficient (Wildman–Crippen LogP) is 5.50. The Kier molecular flexibility index (Phi) is 17.1. The number of carbonyl (C=O) groups excluding carboxylic acids is 5. The van der Waals surface area contributed by atoms with E-state index in [4.69, 9.17) is 9.47 Å². The lowest BCUT2D eigenvalue weighted by Gasteiger charge is -2.29. The molecule has 1 saturated heterocycles. The molecule has 1 aliphatic carbocycles. The Balaban J connectivity index is 1.38. The van der Waals surface area contributed by atoms with Crippen LogP contribution in [0.3, 0.4) is 0 Å². The highest BCUT2D eigenvalue weighted by Crippen LogP contribution is 2.33. The normalized spacial score (nSPS) is 17.5. The van der Waals surface area contributed by atoms with E-state index in [1.54, 1.807) is 25.7 Å². The van der Waals surface area contributed by atoms with Crippen molar-refractivity contribution in [1.29, 1.82) is 0 Å². The fourth-order valence-electron chi connectivity index (χ4n) is 6.91. The Labute approximate surface area is 341 Å². The van der Waals surface area contributed by atoms with Crippen molar-refractivity contribution in [3.8, 4) is 0 Å². The van der Waals surface area contributed by atoms with Crippen LogP contribution in [0.2, 0.25) is 0 Å². The van der Waals surface area contributed by atoms with Crippen molar-refractivity contribution in [1.82, 2.24) is 26.2 Å². The van der Waals surface area contributed by atoms with Crippen LogP contribution < -0.4 is 21.3 Å². The lowest BCUT2D eigenvalue weighted by molar-refractivity contribution is -0.143. The number of alkyl carbamates (subject to hydrolysis) is 2. The van der Waals surface area contributed by atoms with E-state index < -0.39 is 65.7 Å². The third kappa shape index (κ3) is 15.5. The van der Waals surface area contributed by atoms with Gasteiger partial charge in [0.25, 0.3) is 0 Å². The van der Waals surface area contributed by atoms with Gasteiger partial charge in [-0.2, -0.15) is 0 Å². The van der Waals surface area contributed by atoms with Gasteiger partial charge in [0.2, 0.25) is 17.7 Å². The van der Waals surface area contributed by atoms with Crippen LogP contribution >= 0.6 is 0 Å². The number of nitrogens with one attached hydrogen (secondary N) is 4. The van der Waals surface area contributed by atoms with E-state index in [0.717, 1.165) is 11.1 Å². The smallest absolute Gasteiger partial charge is 0.408 e. The summed E-state index contributed by atoms with van der Waals surface area (Å²) in [6.45, 7) is 10.1. The van der Waals surface area contributed by atoms with Crippen molar-refractivity contribution in [3.63, 3.8) is 0 Å². The second kappa shape index (κ2) is 21.9. The van der Waals surface area contributed by atoms with E-state index in [2.05, 4.69) is 21.3 Å². The third-order valence-corrected chi connectivity index (χ3v) is 9.90. The molecule has 5 N–H and O–H groups in total. The summed E-state index contributed by atoms with van der Waals surface area (Å²) in [4.78, 5) is 80.4. The number of benzene rings is 2. The molecule has 0 aromatic heterocycles. The first-order valence-electron chi connectivity index (χ1n) is 20.4. The number of hydrogen-bond acceptors (Lipinski definition) is 8. The van der Waals surface area contributed by atoms with Gasteiger partial charge in [-0.25, -0.2) is 14.4 Å². The molecule has 5 amide bonds. The number of carboxylic acids is 1. The maximum atomic E-state index is 14.4. The number of amides is 5. The molecule has 2 aliphatic rings. The van der Waals surface area contributed by atoms with Crippen LogP contribution in [0.15, 0.2) is 72.8 Å². The first-order valence-corrected chi connectivity index (χ1v) is 20.4. The maximum absolute atomic E-state index is 14.4. The molecular weight excluding hydrogens is 743 g/mol. The van der Waals surface area contributed by atoms with Crippen LogP contribution in [0, 0.1) is 17.8 Å². The lowest BCUT2D eigenvalue weighted by atomic mass is 9.94. The number of ether oxygens (including phenoxy) is 2. The summed E-state index contributed by atoms with van der Waals surface area (Å²) >= 11 is 0. The summed E-state index contributed by atoms with van der Waals surface area (Å²) in [5.74, 6) is -3.11. The summed E-state index contributed by atoms with van der Waals surface area (Å²) < 4.78 is 10.7. The number of aliphatic carboxylic acids is 1. The second-order valence-corrected chi connectivity index (χ2v) is 16.6. The topological polar surface area (TPSA) is 192 Å². The van der Waals surface area contributed by atoms with Crippen molar-refractivity contribution in [2.24, 2.45) is 17.8 Å². The highest BCUT2D eigenvalue weighted by molar-refractivity contribution is 5.94. The third-order valence-electron chi connectivity index (χ3n) is 9.90. The van der Waals surface area contributed by atoms with Gasteiger partial charge in [0, 0.05) is 13.1 Å². The number of likely N-dealkylation sites (tertiary alicyclic amines) is 1. The Morgan fingerprint density at radius 3 is 2.12 bits per heavy atom. The molecule has 14 heteroatoms. The van der Waals surface area contributed by atoms with Gasteiger partial charge in [-0.1, -0.05) is 86.7 Å². The number of rotatable bonds is 20. The fourth-order valence-corrected chi connectivity index (χ4v) is 6.91. The molecular formula is C44H61N5O9. The zero-order valence-electron chi connectivity index (χ0n) is 34.4. The first kappa shape index (κ1) is 45.3.